The van der Waals surface area contributed by atoms with Gasteiger partial charge in [-0.3, -0.25) is 4.79 Å². The summed E-state index contributed by atoms with van der Waals surface area (Å²) in [4.78, 5) is 14.6. The lowest BCUT2D eigenvalue weighted by Gasteiger charge is -2.02. The van der Waals surface area contributed by atoms with Crippen molar-refractivity contribution in [1.82, 2.24) is 10.4 Å². The van der Waals surface area contributed by atoms with Gasteiger partial charge in [0.05, 0.1) is 0 Å². The number of hydrazone groups is 1. The molecule has 2 heterocycles. The Bertz CT molecular complexity index is 529. The molecular weight excluding hydrogens is 286 g/mol. The molecule has 3 rings (SSSR count). The minimum absolute atomic E-state index is 0.222. The summed E-state index contributed by atoms with van der Waals surface area (Å²) in [5, 5.41) is 3.88. The molecule has 1 saturated carbocycles. The zero-order valence-corrected chi connectivity index (χ0v) is 10.5. The van der Waals surface area contributed by atoms with Crippen molar-refractivity contribution in [2.24, 2.45) is 5.10 Å². The molecule has 0 aromatic carbocycles. The molecule has 0 bridgehead atoms. The SMILES string of the molecule is O=C1NN=C(OC2CC2)C1=Cc1cc(Br)c[nH]1. The van der Waals surface area contributed by atoms with E-state index in [0.29, 0.717) is 11.5 Å². The maximum atomic E-state index is 11.6. The Balaban J connectivity index is 1.85. The van der Waals surface area contributed by atoms with Crippen molar-refractivity contribution in [3.63, 3.8) is 0 Å². The van der Waals surface area contributed by atoms with Gasteiger partial charge in [-0.1, -0.05) is 0 Å². The lowest BCUT2D eigenvalue weighted by Crippen LogP contribution is -2.14. The molecule has 0 spiro atoms. The first-order chi connectivity index (χ1) is 8.22. The van der Waals surface area contributed by atoms with E-state index >= 15 is 0 Å². The fourth-order valence-corrected chi connectivity index (χ4v) is 1.86. The fourth-order valence-electron chi connectivity index (χ4n) is 1.50. The number of hydrogen-bond acceptors (Lipinski definition) is 3. The van der Waals surface area contributed by atoms with Crippen molar-refractivity contribution < 1.29 is 9.53 Å². The lowest BCUT2D eigenvalue weighted by molar-refractivity contribution is -0.116. The van der Waals surface area contributed by atoms with Crippen LogP contribution in [0.5, 0.6) is 0 Å². The van der Waals surface area contributed by atoms with E-state index < -0.39 is 0 Å². The van der Waals surface area contributed by atoms with Crippen LogP contribution in [0.15, 0.2) is 27.4 Å². The second-order valence-corrected chi connectivity index (χ2v) is 4.92. The van der Waals surface area contributed by atoms with E-state index in [1.807, 2.05) is 6.07 Å². The lowest BCUT2D eigenvalue weighted by atomic mass is 10.2. The Morgan fingerprint density at radius 1 is 1.53 bits per heavy atom. The molecule has 1 aromatic rings. The molecule has 1 fully saturated rings. The van der Waals surface area contributed by atoms with Gasteiger partial charge in [0.15, 0.2) is 0 Å². The highest BCUT2D eigenvalue weighted by Gasteiger charge is 2.31. The minimum Gasteiger partial charge on any atom is -0.473 e. The average molecular weight is 296 g/mol. The molecule has 88 valence electrons. The maximum absolute atomic E-state index is 11.6. The van der Waals surface area contributed by atoms with E-state index in [4.69, 9.17) is 4.74 Å². The summed E-state index contributed by atoms with van der Waals surface area (Å²) in [6.07, 6.45) is 5.83. The molecule has 2 aliphatic rings. The van der Waals surface area contributed by atoms with Crippen molar-refractivity contribution in [2.45, 2.75) is 18.9 Å². The largest absolute Gasteiger partial charge is 0.473 e. The number of ether oxygens (including phenoxy) is 1. The third-order valence-electron chi connectivity index (χ3n) is 2.51. The first-order valence-corrected chi connectivity index (χ1v) is 6.12. The van der Waals surface area contributed by atoms with Crippen LogP contribution in [0.1, 0.15) is 18.5 Å². The number of H-pyrrole nitrogens is 1. The Kier molecular flexibility index (Phi) is 2.51. The zero-order chi connectivity index (χ0) is 11.8. The predicted octanol–water partition coefficient (Wildman–Crippen LogP) is 1.78. The van der Waals surface area contributed by atoms with Gasteiger partial charge in [-0.2, -0.15) is 0 Å². The highest BCUT2D eigenvalue weighted by atomic mass is 79.9. The molecule has 1 aliphatic carbocycles. The highest BCUT2D eigenvalue weighted by Crippen LogP contribution is 2.26. The van der Waals surface area contributed by atoms with E-state index in [1.54, 1.807) is 12.3 Å². The van der Waals surface area contributed by atoms with Gasteiger partial charge in [-0.05, 0) is 40.9 Å². The quantitative estimate of drug-likeness (QED) is 0.817. The molecule has 0 unspecified atom stereocenters. The smallest absolute Gasteiger partial charge is 0.277 e. The summed E-state index contributed by atoms with van der Waals surface area (Å²) in [6.45, 7) is 0. The number of amides is 1. The zero-order valence-electron chi connectivity index (χ0n) is 8.87. The predicted molar refractivity (Wildman–Crippen MR) is 66.2 cm³/mol. The summed E-state index contributed by atoms with van der Waals surface area (Å²) < 4.78 is 6.49. The minimum atomic E-state index is -0.230. The van der Waals surface area contributed by atoms with Crippen LogP contribution in [0.2, 0.25) is 0 Å². The van der Waals surface area contributed by atoms with Crippen LogP contribution in [-0.2, 0) is 9.53 Å². The molecular formula is C11H10BrN3O2. The Hall–Kier alpha value is -1.56. The van der Waals surface area contributed by atoms with Crippen LogP contribution in [0.3, 0.4) is 0 Å². The highest BCUT2D eigenvalue weighted by molar-refractivity contribution is 9.10. The molecule has 17 heavy (non-hydrogen) atoms. The van der Waals surface area contributed by atoms with Crippen molar-refractivity contribution in [2.75, 3.05) is 0 Å². The molecule has 0 saturated heterocycles. The summed E-state index contributed by atoms with van der Waals surface area (Å²) in [5.41, 5.74) is 3.70. The van der Waals surface area contributed by atoms with E-state index in [-0.39, 0.29) is 12.0 Å². The second-order valence-electron chi connectivity index (χ2n) is 4.01. The summed E-state index contributed by atoms with van der Waals surface area (Å²) in [7, 11) is 0. The first-order valence-electron chi connectivity index (χ1n) is 5.33. The van der Waals surface area contributed by atoms with E-state index in [0.717, 1.165) is 23.0 Å². The number of nitrogens with zero attached hydrogens (tertiary/aromatic N) is 1. The normalized spacial score (nSPS) is 21.6. The molecule has 0 atom stereocenters. The van der Waals surface area contributed by atoms with Crippen molar-refractivity contribution >= 4 is 33.8 Å². The standard InChI is InChI=1S/C11H10BrN3O2/c12-6-3-7(13-5-6)4-9-10(16)14-15-11(9)17-8-1-2-8/h3-5,8,13H,1-2H2,(H,14,16). The van der Waals surface area contributed by atoms with Gasteiger partial charge in [0, 0.05) is 16.4 Å². The molecule has 1 aliphatic heterocycles. The van der Waals surface area contributed by atoms with E-state index in [9.17, 15) is 4.79 Å². The summed E-state index contributed by atoms with van der Waals surface area (Å²) in [6, 6.07) is 1.88. The molecule has 1 amide bonds. The van der Waals surface area contributed by atoms with Crippen LogP contribution in [0.25, 0.3) is 6.08 Å². The number of aromatic amines is 1. The number of hydrogen-bond donors (Lipinski definition) is 2. The first kappa shape index (κ1) is 10.6. The topological polar surface area (TPSA) is 66.5 Å². The van der Waals surface area contributed by atoms with Gasteiger partial charge in [0.2, 0.25) is 5.90 Å². The molecule has 1 aromatic heterocycles. The van der Waals surface area contributed by atoms with Crippen molar-refractivity contribution in [1.29, 1.82) is 0 Å². The number of nitrogens with one attached hydrogen (secondary N) is 2. The average Bonchev–Trinajstić information content (AvgIpc) is 2.93. The van der Waals surface area contributed by atoms with Gasteiger partial charge in [0.25, 0.3) is 5.91 Å². The number of rotatable bonds is 2. The van der Waals surface area contributed by atoms with E-state index in [2.05, 4.69) is 31.4 Å². The van der Waals surface area contributed by atoms with Gasteiger partial charge in [-0.25, -0.2) is 5.43 Å². The van der Waals surface area contributed by atoms with Crippen LogP contribution in [0, 0.1) is 0 Å². The van der Waals surface area contributed by atoms with Gasteiger partial charge >= 0.3 is 0 Å². The third-order valence-corrected chi connectivity index (χ3v) is 2.96. The van der Waals surface area contributed by atoms with Crippen LogP contribution in [-0.4, -0.2) is 22.9 Å². The Morgan fingerprint density at radius 2 is 2.35 bits per heavy atom. The Morgan fingerprint density at radius 3 is 3.00 bits per heavy atom. The van der Waals surface area contributed by atoms with Crippen LogP contribution in [0.4, 0.5) is 0 Å². The number of aromatic nitrogens is 1. The second kappa shape index (κ2) is 4.03. The monoisotopic (exact) mass is 295 g/mol. The van der Waals surface area contributed by atoms with Crippen LogP contribution >= 0.6 is 15.9 Å². The van der Waals surface area contributed by atoms with Crippen LogP contribution < -0.4 is 5.43 Å². The summed E-state index contributed by atoms with van der Waals surface area (Å²) in [5.74, 6) is 0.162. The van der Waals surface area contributed by atoms with Gasteiger partial charge in [-0.15, -0.1) is 5.10 Å². The van der Waals surface area contributed by atoms with Gasteiger partial charge in [0.1, 0.15) is 11.7 Å². The van der Waals surface area contributed by atoms with Crippen molar-refractivity contribution in [3.05, 3.63) is 28.0 Å². The Labute approximate surface area is 106 Å². The van der Waals surface area contributed by atoms with Gasteiger partial charge < -0.3 is 9.72 Å². The fraction of sp³-hybridized carbons (Fsp3) is 0.273. The summed E-state index contributed by atoms with van der Waals surface area (Å²) >= 11 is 3.34. The number of halogens is 1. The third kappa shape index (κ3) is 2.26. The molecule has 0 radical (unpaired) electrons. The molecule has 5 nitrogen and oxygen atoms in total. The van der Waals surface area contributed by atoms with Crippen molar-refractivity contribution in [3.8, 4) is 0 Å². The number of carbonyl (C=O) groups is 1. The molecule has 6 heteroatoms. The molecule has 2 N–H and O–H groups in total. The maximum Gasteiger partial charge on any atom is 0.277 e. The number of carbonyl (C=O) groups excluding carboxylic acids is 1. The van der Waals surface area contributed by atoms with E-state index in [1.165, 1.54) is 0 Å².